The maximum absolute atomic E-state index is 9.08. The minimum atomic E-state index is 0.0533. The van der Waals surface area contributed by atoms with Crippen LogP contribution < -0.4 is 0 Å². The zero-order valence-corrected chi connectivity index (χ0v) is 8.04. The summed E-state index contributed by atoms with van der Waals surface area (Å²) >= 11 is 6.03. The highest BCUT2D eigenvalue weighted by Gasteiger charge is 2.07. The number of fused-ring (bicyclic) bond motifs is 1. The van der Waals surface area contributed by atoms with Crippen LogP contribution in [0.15, 0.2) is 24.4 Å². The highest BCUT2D eigenvalue weighted by Crippen LogP contribution is 2.26. The van der Waals surface area contributed by atoms with Crippen molar-refractivity contribution < 1.29 is 5.11 Å². The topological polar surface area (TPSA) is 25.2 Å². The van der Waals surface area contributed by atoms with Crippen LogP contribution in [0.1, 0.15) is 5.56 Å². The maximum atomic E-state index is 9.08. The molecular weight excluding hydrogens is 186 g/mol. The fourth-order valence-electron chi connectivity index (χ4n) is 1.63. The SMILES string of the molecule is Cn1cc(CO)c2cccc(Cl)c21. The molecule has 3 heteroatoms. The van der Waals surface area contributed by atoms with Gasteiger partial charge < -0.3 is 9.67 Å². The van der Waals surface area contributed by atoms with Gasteiger partial charge in [-0.15, -0.1) is 0 Å². The minimum Gasteiger partial charge on any atom is -0.392 e. The van der Waals surface area contributed by atoms with Crippen LogP contribution in [-0.4, -0.2) is 9.67 Å². The van der Waals surface area contributed by atoms with Crippen molar-refractivity contribution in [3.05, 3.63) is 35.0 Å². The predicted molar refractivity (Wildman–Crippen MR) is 53.9 cm³/mol. The zero-order chi connectivity index (χ0) is 9.42. The van der Waals surface area contributed by atoms with E-state index < -0.39 is 0 Å². The molecule has 2 rings (SSSR count). The highest BCUT2D eigenvalue weighted by molar-refractivity contribution is 6.35. The summed E-state index contributed by atoms with van der Waals surface area (Å²) < 4.78 is 1.93. The Labute approximate surface area is 81.4 Å². The third kappa shape index (κ3) is 1.23. The second-order valence-electron chi connectivity index (χ2n) is 3.06. The number of nitrogens with zero attached hydrogens (tertiary/aromatic N) is 1. The number of aromatic nitrogens is 1. The zero-order valence-electron chi connectivity index (χ0n) is 7.29. The lowest BCUT2D eigenvalue weighted by atomic mass is 10.2. The van der Waals surface area contributed by atoms with Crippen LogP contribution >= 0.6 is 11.6 Å². The summed E-state index contributed by atoms with van der Waals surface area (Å²) in [5.74, 6) is 0. The van der Waals surface area contributed by atoms with Gasteiger partial charge in [0.25, 0.3) is 0 Å². The Balaban J connectivity index is 2.87. The van der Waals surface area contributed by atoms with Gasteiger partial charge in [0.15, 0.2) is 0 Å². The molecule has 0 saturated carbocycles. The molecule has 0 fully saturated rings. The first-order valence-corrected chi connectivity index (χ1v) is 4.45. The van der Waals surface area contributed by atoms with Crippen molar-refractivity contribution in [1.29, 1.82) is 0 Å². The highest BCUT2D eigenvalue weighted by atomic mass is 35.5. The Morgan fingerprint density at radius 2 is 2.23 bits per heavy atom. The van der Waals surface area contributed by atoms with Crippen LogP contribution in [0.25, 0.3) is 10.9 Å². The second-order valence-corrected chi connectivity index (χ2v) is 3.47. The van der Waals surface area contributed by atoms with Crippen molar-refractivity contribution in [2.75, 3.05) is 0 Å². The lowest BCUT2D eigenvalue weighted by Crippen LogP contribution is -1.83. The number of rotatable bonds is 1. The summed E-state index contributed by atoms with van der Waals surface area (Å²) in [5, 5.41) is 10.8. The number of halogens is 1. The summed E-state index contributed by atoms with van der Waals surface area (Å²) in [7, 11) is 1.92. The number of benzene rings is 1. The Hall–Kier alpha value is -0.990. The maximum Gasteiger partial charge on any atom is 0.0702 e. The van der Waals surface area contributed by atoms with E-state index in [1.54, 1.807) is 0 Å². The summed E-state index contributed by atoms with van der Waals surface area (Å²) in [6.07, 6.45) is 1.90. The Kier molecular flexibility index (Phi) is 2.02. The fraction of sp³-hybridized carbons (Fsp3) is 0.200. The number of hydrogen-bond acceptors (Lipinski definition) is 1. The molecule has 0 saturated heterocycles. The number of para-hydroxylation sites is 1. The molecule has 2 aromatic rings. The molecule has 68 valence electrons. The molecule has 1 aromatic heterocycles. The summed E-state index contributed by atoms with van der Waals surface area (Å²) in [5.41, 5.74) is 1.90. The van der Waals surface area contributed by atoms with Crippen LogP contribution in [0.3, 0.4) is 0 Å². The van der Waals surface area contributed by atoms with Crippen molar-refractivity contribution in [2.45, 2.75) is 6.61 Å². The lowest BCUT2D eigenvalue weighted by molar-refractivity contribution is 0.283. The van der Waals surface area contributed by atoms with E-state index in [2.05, 4.69) is 0 Å². The van der Waals surface area contributed by atoms with E-state index in [4.69, 9.17) is 16.7 Å². The van der Waals surface area contributed by atoms with E-state index >= 15 is 0 Å². The van der Waals surface area contributed by atoms with Crippen molar-refractivity contribution in [1.82, 2.24) is 4.57 Å². The molecule has 1 N–H and O–H groups in total. The molecule has 13 heavy (non-hydrogen) atoms. The fourth-order valence-corrected chi connectivity index (χ4v) is 1.93. The van der Waals surface area contributed by atoms with E-state index in [0.717, 1.165) is 21.5 Å². The average molecular weight is 196 g/mol. The van der Waals surface area contributed by atoms with Crippen LogP contribution in [0.2, 0.25) is 5.02 Å². The van der Waals surface area contributed by atoms with Crippen LogP contribution in [0, 0.1) is 0 Å². The predicted octanol–water partition coefficient (Wildman–Crippen LogP) is 2.32. The molecular formula is C10H10ClNO. The van der Waals surface area contributed by atoms with Crippen LogP contribution in [0.5, 0.6) is 0 Å². The standard InChI is InChI=1S/C10H10ClNO/c1-12-5-7(6-13)8-3-2-4-9(11)10(8)12/h2-5,13H,6H2,1H3. The van der Waals surface area contributed by atoms with E-state index in [1.165, 1.54) is 0 Å². The van der Waals surface area contributed by atoms with E-state index in [9.17, 15) is 0 Å². The molecule has 0 aliphatic carbocycles. The van der Waals surface area contributed by atoms with Gasteiger partial charge in [-0.3, -0.25) is 0 Å². The van der Waals surface area contributed by atoms with E-state index in [1.807, 2.05) is 36.0 Å². The van der Waals surface area contributed by atoms with Gasteiger partial charge in [0.05, 0.1) is 17.1 Å². The second kappa shape index (κ2) is 3.05. The molecule has 0 aliphatic heterocycles. The van der Waals surface area contributed by atoms with Crippen molar-refractivity contribution in [3.63, 3.8) is 0 Å². The monoisotopic (exact) mass is 195 g/mol. The Bertz CT molecular complexity index is 447. The Morgan fingerprint density at radius 3 is 2.92 bits per heavy atom. The van der Waals surface area contributed by atoms with Crippen molar-refractivity contribution in [2.24, 2.45) is 7.05 Å². The van der Waals surface area contributed by atoms with Crippen molar-refractivity contribution >= 4 is 22.5 Å². The van der Waals surface area contributed by atoms with Crippen LogP contribution in [0.4, 0.5) is 0 Å². The molecule has 1 aromatic carbocycles. The molecule has 0 radical (unpaired) electrons. The first kappa shape index (κ1) is 8.60. The summed E-state index contributed by atoms with van der Waals surface area (Å²) in [6.45, 7) is 0.0533. The smallest absolute Gasteiger partial charge is 0.0702 e. The molecule has 1 heterocycles. The van der Waals surface area contributed by atoms with Gasteiger partial charge in [-0.2, -0.15) is 0 Å². The van der Waals surface area contributed by atoms with Gasteiger partial charge in [-0.1, -0.05) is 23.7 Å². The molecule has 0 aliphatic rings. The molecule has 0 spiro atoms. The third-order valence-electron chi connectivity index (χ3n) is 2.21. The van der Waals surface area contributed by atoms with Gasteiger partial charge in [-0.25, -0.2) is 0 Å². The molecule has 0 atom stereocenters. The molecule has 0 unspecified atom stereocenters. The quantitative estimate of drug-likeness (QED) is 0.743. The normalized spacial score (nSPS) is 11.0. The molecule has 0 bridgehead atoms. The van der Waals surface area contributed by atoms with E-state index in [0.29, 0.717) is 0 Å². The molecule has 2 nitrogen and oxygen atoms in total. The number of hydrogen-bond donors (Lipinski definition) is 1. The first-order valence-electron chi connectivity index (χ1n) is 4.07. The van der Waals surface area contributed by atoms with Crippen molar-refractivity contribution in [3.8, 4) is 0 Å². The van der Waals surface area contributed by atoms with E-state index in [-0.39, 0.29) is 6.61 Å². The summed E-state index contributed by atoms with van der Waals surface area (Å²) in [6, 6.07) is 5.71. The Morgan fingerprint density at radius 1 is 1.46 bits per heavy atom. The lowest BCUT2D eigenvalue weighted by Gasteiger charge is -1.97. The van der Waals surface area contributed by atoms with Crippen LogP contribution in [-0.2, 0) is 13.7 Å². The number of aliphatic hydroxyl groups excluding tert-OH is 1. The van der Waals surface area contributed by atoms with Gasteiger partial charge in [-0.05, 0) is 6.07 Å². The summed E-state index contributed by atoms with van der Waals surface area (Å²) in [4.78, 5) is 0. The van der Waals surface area contributed by atoms with Gasteiger partial charge in [0.1, 0.15) is 0 Å². The molecule has 0 amide bonds. The third-order valence-corrected chi connectivity index (χ3v) is 2.51. The number of aliphatic hydroxyl groups is 1. The van der Waals surface area contributed by atoms with Gasteiger partial charge >= 0.3 is 0 Å². The largest absolute Gasteiger partial charge is 0.392 e. The van der Waals surface area contributed by atoms with Gasteiger partial charge in [0.2, 0.25) is 0 Å². The van der Waals surface area contributed by atoms with Gasteiger partial charge in [0, 0.05) is 24.2 Å². The average Bonchev–Trinajstić information content (AvgIpc) is 2.44. The number of aryl methyl sites for hydroxylation is 1. The first-order chi connectivity index (χ1) is 6.24. The minimum absolute atomic E-state index is 0.0533.